The van der Waals surface area contributed by atoms with Crippen LogP contribution in [0.3, 0.4) is 0 Å². The van der Waals surface area contributed by atoms with Gasteiger partial charge in [0.25, 0.3) is 0 Å². The van der Waals surface area contributed by atoms with Crippen LogP contribution in [0.15, 0.2) is 0 Å². The fraction of sp³-hybridized carbons (Fsp3) is 0.833. The van der Waals surface area contributed by atoms with Crippen molar-refractivity contribution in [2.24, 2.45) is 0 Å². The van der Waals surface area contributed by atoms with Gasteiger partial charge in [0.2, 0.25) is 0 Å². The highest BCUT2D eigenvalue weighted by Crippen LogP contribution is 2.23. The molecule has 10 heavy (non-hydrogen) atoms. The standard InChI is InChI=1S/C6H12N2O2/c1-7-6(9)8-4-3-5(4)10-2/h4-5H,3H2,1-2H3,(H2,7,8,9). The lowest BCUT2D eigenvalue weighted by Crippen LogP contribution is -2.35. The Hall–Kier alpha value is -0.770. The highest BCUT2D eigenvalue weighted by atomic mass is 16.5. The zero-order valence-corrected chi connectivity index (χ0v) is 6.18. The van der Waals surface area contributed by atoms with Gasteiger partial charge in [0.05, 0.1) is 12.1 Å². The minimum atomic E-state index is -0.135. The van der Waals surface area contributed by atoms with Crippen LogP contribution >= 0.6 is 0 Å². The molecule has 1 saturated carbocycles. The summed E-state index contributed by atoms with van der Waals surface area (Å²) in [5, 5.41) is 5.20. The zero-order valence-electron chi connectivity index (χ0n) is 6.18. The third-order valence-corrected chi connectivity index (χ3v) is 1.58. The highest BCUT2D eigenvalue weighted by Gasteiger charge is 2.38. The Morgan fingerprint density at radius 3 is 2.80 bits per heavy atom. The van der Waals surface area contributed by atoms with E-state index in [0.29, 0.717) is 0 Å². The highest BCUT2D eigenvalue weighted by molar-refractivity contribution is 5.74. The van der Waals surface area contributed by atoms with Crippen LogP contribution in [0.2, 0.25) is 0 Å². The first kappa shape index (κ1) is 7.34. The number of amides is 2. The van der Waals surface area contributed by atoms with Gasteiger partial charge in [0.1, 0.15) is 0 Å². The number of rotatable bonds is 2. The lowest BCUT2D eigenvalue weighted by atomic mass is 10.7. The Morgan fingerprint density at radius 1 is 1.70 bits per heavy atom. The molecule has 2 unspecified atom stereocenters. The predicted molar refractivity (Wildman–Crippen MR) is 36.8 cm³/mol. The van der Waals surface area contributed by atoms with Crippen molar-refractivity contribution in [3.05, 3.63) is 0 Å². The minimum Gasteiger partial charge on any atom is -0.379 e. The number of hydrogen-bond acceptors (Lipinski definition) is 2. The summed E-state index contributed by atoms with van der Waals surface area (Å²) in [7, 11) is 3.25. The van der Waals surface area contributed by atoms with Crippen molar-refractivity contribution in [2.45, 2.75) is 18.6 Å². The molecule has 0 aromatic carbocycles. The summed E-state index contributed by atoms with van der Waals surface area (Å²) in [6.45, 7) is 0. The van der Waals surface area contributed by atoms with Gasteiger partial charge >= 0.3 is 6.03 Å². The summed E-state index contributed by atoms with van der Waals surface area (Å²) in [6.07, 6.45) is 1.17. The largest absolute Gasteiger partial charge is 0.379 e. The van der Waals surface area contributed by atoms with Crippen LogP contribution in [0.5, 0.6) is 0 Å². The molecule has 1 aliphatic carbocycles. The maximum atomic E-state index is 10.6. The molecule has 1 aliphatic rings. The maximum absolute atomic E-state index is 10.6. The molecule has 0 spiro atoms. The van der Waals surface area contributed by atoms with Gasteiger partial charge in [-0.05, 0) is 6.42 Å². The maximum Gasteiger partial charge on any atom is 0.314 e. The van der Waals surface area contributed by atoms with E-state index in [1.54, 1.807) is 14.2 Å². The fourth-order valence-corrected chi connectivity index (χ4v) is 0.825. The van der Waals surface area contributed by atoms with Crippen molar-refractivity contribution in [3.8, 4) is 0 Å². The van der Waals surface area contributed by atoms with E-state index in [1.165, 1.54) is 0 Å². The third kappa shape index (κ3) is 1.60. The van der Waals surface area contributed by atoms with E-state index in [4.69, 9.17) is 4.74 Å². The van der Waals surface area contributed by atoms with E-state index in [1.807, 2.05) is 0 Å². The molecule has 1 fully saturated rings. The average Bonchev–Trinajstić information content (AvgIpc) is 2.67. The van der Waals surface area contributed by atoms with Gasteiger partial charge in [-0.15, -0.1) is 0 Å². The van der Waals surface area contributed by atoms with Crippen molar-refractivity contribution < 1.29 is 9.53 Å². The van der Waals surface area contributed by atoms with Crippen LogP contribution in [0.4, 0.5) is 4.79 Å². The molecular weight excluding hydrogens is 132 g/mol. The molecule has 2 atom stereocenters. The van der Waals surface area contributed by atoms with Gasteiger partial charge < -0.3 is 15.4 Å². The van der Waals surface area contributed by atoms with Crippen LogP contribution in [0.25, 0.3) is 0 Å². The molecule has 2 N–H and O–H groups in total. The predicted octanol–water partition coefficient (Wildman–Crippen LogP) is -0.297. The SMILES string of the molecule is CNC(=O)NC1CC1OC. The lowest BCUT2D eigenvalue weighted by Gasteiger charge is -2.00. The molecule has 0 saturated heterocycles. The van der Waals surface area contributed by atoms with Crippen LogP contribution in [-0.4, -0.2) is 32.3 Å². The smallest absolute Gasteiger partial charge is 0.314 e. The van der Waals surface area contributed by atoms with Gasteiger partial charge in [0, 0.05) is 14.2 Å². The molecule has 0 heterocycles. The van der Waals surface area contributed by atoms with Crippen molar-refractivity contribution in [1.29, 1.82) is 0 Å². The first-order chi connectivity index (χ1) is 4.77. The number of hydrogen-bond donors (Lipinski definition) is 2. The van der Waals surface area contributed by atoms with E-state index in [9.17, 15) is 4.79 Å². The summed E-state index contributed by atoms with van der Waals surface area (Å²) < 4.78 is 4.98. The van der Waals surface area contributed by atoms with Gasteiger partial charge in [0.15, 0.2) is 0 Å². The number of ether oxygens (including phenoxy) is 1. The quantitative estimate of drug-likeness (QED) is 0.559. The number of carbonyl (C=O) groups is 1. The van der Waals surface area contributed by atoms with Gasteiger partial charge in [-0.1, -0.05) is 0 Å². The molecule has 0 aromatic rings. The Bertz CT molecular complexity index is 138. The minimum absolute atomic E-state index is 0.135. The first-order valence-electron chi connectivity index (χ1n) is 3.29. The van der Waals surface area contributed by atoms with E-state index in [0.717, 1.165) is 6.42 Å². The number of urea groups is 1. The number of methoxy groups -OCH3 is 1. The van der Waals surface area contributed by atoms with Crippen molar-refractivity contribution in [2.75, 3.05) is 14.2 Å². The van der Waals surface area contributed by atoms with Crippen molar-refractivity contribution in [3.63, 3.8) is 0 Å². The average molecular weight is 144 g/mol. The van der Waals surface area contributed by atoms with Gasteiger partial charge in [-0.3, -0.25) is 0 Å². The monoisotopic (exact) mass is 144 g/mol. The normalized spacial score (nSPS) is 29.4. The van der Waals surface area contributed by atoms with E-state index in [2.05, 4.69) is 10.6 Å². The van der Waals surface area contributed by atoms with Crippen LogP contribution in [0.1, 0.15) is 6.42 Å². The fourth-order valence-electron chi connectivity index (χ4n) is 0.825. The molecule has 1 rings (SSSR count). The second-order valence-corrected chi connectivity index (χ2v) is 2.34. The summed E-state index contributed by atoms with van der Waals surface area (Å²) in [5.74, 6) is 0. The Kier molecular flexibility index (Phi) is 2.11. The van der Waals surface area contributed by atoms with Crippen molar-refractivity contribution >= 4 is 6.03 Å². The Balaban J connectivity index is 2.11. The molecule has 0 aromatic heterocycles. The van der Waals surface area contributed by atoms with E-state index < -0.39 is 0 Å². The Morgan fingerprint density at radius 2 is 2.40 bits per heavy atom. The molecule has 0 bridgehead atoms. The second-order valence-electron chi connectivity index (χ2n) is 2.34. The zero-order chi connectivity index (χ0) is 7.56. The van der Waals surface area contributed by atoms with E-state index in [-0.39, 0.29) is 18.2 Å². The molecular formula is C6H12N2O2. The molecule has 2 amide bonds. The topological polar surface area (TPSA) is 50.4 Å². The van der Waals surface area contributed by atoms with Crippen LogP contribution in [0, 0.1) is 0 Å². The molecule has 4 heteroatoms. The summed E-state index contributed by atoms with van der Waals surface area (Å²) in [6, 6.07) is 0.0921. The summed E-state index contributed by atoms with van der Waals surface area (Å²) in [4.78, 5) is 10.6. The van der Waals surface area contributed by atoms with Gasteiger partial charge in [-0.25, -0.2) is 4.79 Å². The lowest BCUT2D eigenvalue weighted by molar-refractivity contribution is 0.173. The summed E-state index contributed by atoms with van der Waals surface area (Å²) in [5.41, 5.74) is 0. The second kappa shape index (κ2) is 2.88. The summed E-state index contributed by atoms with van der Waals surface area (Å²) >= 11 is 0. The van der Waals surface area contributed by atoms with Crippen LogP contribution < -0.4 is 10.6 Å². The van der Waals surface area contributed by atoms with Gasteiger partial charge in [-0.2, -0.15) is 0 Å². The van der Waals surface area contributed by atoms with Crippen molar-refractivity contribution in [1.82, 2.24) is 10.6 Å². The number of carbonyl (C=O) groups excluding carboxylic acids is 1. The Labute approximate surface area is 59.9 Å². The first-order valence-corrected chi connectivity index (χ1v) is 3.29. The molecule has 58 valence electrons. The molecule has 4 nitrogen and oxygen atoms in total. The van der Waals surface area contributed by atoms with E-state index >= 15 is 0 Å². The number of nitrogens with one attached hydrogen (secondary N) is 2. The molecule has 0 aliphatic heterocycles. The molecule has 0 radical (unpaired) electrons. The third-order valence-electron chi connectivity index (χ3n) is 1.58. The van der Waals surface area contributed by atoms with Crippen LogP contribution in [-0.2, 0) is 4.74 Å².